The van der Waals surface area contributed by atoms with Gasteiger partial charge in [0.25, 0.3) is 0 Å². The highest BCUT2D eigenvalue weighted by molar-refractivity contribution is 8.02. The molecule has 2 rings (SSSR count). The molecule has 0 fully saturated rings. The largest absolute Gasteiger partial charge is 0.613 e. The summed E-state index contributed by atoms with van der Waals surface area (Å²) in [5, 5.41) is 32.9. The molecule has 0 amide bonds. The summed E-state index contributed by atoms with van der Waals surface area (Å²) in [7, 11) is -3.92. The van der Waals surface area contributed by atoms with Gasteiger partial charge in [-0.1, -0.05) is 18.3 Å². The lowest BCUT2D eigenvalue weighted by Gasteiger charge is -2.43. The Bertz CT molecular complexity index is 621. The van der Waals surface area contributed by atoms with Gasteiger partial charge in [-0.3, -0.25) is 4.21 Å². The first-order chi connectivity index (χ1) is 8.75. The van der Waals surface area contributed by atoms with E-state index in [1.54, 1.807) is 0 Å². The fraction of sp³-hybridized carbons (Fsp3) is 0.333. The highest BCUT2D eigenvalue weighted by atomic mass is 32.2. The molecule has 0 saturated carbocycles. The number of hydrogen-bond donors (Lipinski definition) is 2. The first kappa shape index (κ1) is 14.8. The molecule has 7 nitrogen and oxygen atoms in total. The highest BCUT2D eigenvalue weighted by Gasteiger charge is 2.30. The monoisotopic (exact) mass is 322 g/mol. The summed E-state index contributed by atoms with van der Waals surface area (Å²) in [5.41, 5.74) is 0.889. The van der Waals surface area contributed by atoms with E-state index >= 15 is 0 Å². The maximum Gasteiger partial charge on any atom is 0.247 e. The van der Waals surface area contributed by atoms with Crippen LogP contribution in [-0.4, -0.2) is 15.0 Å². The SMILES string of the molecule is CCCNC1=CS[N+]([O-])([O-])c2sc(S(N)(=O)=O)cc21. The molecule has 0 radical (unpaired) electrons. The topological polar surface area (TPSA) is 118 Å². The summed E-state index contributed by atoms with van der Waals surface area (Å²) in [6, 6.07) is 1.27. The molecule has 0 atom stereocenters. The molecule has 0 unspecified atom stereocenters. The van der Waals surface area contributed by atoms with Gasteiger partial charge in [-0.25, -0.2) is 13.6 Å². The standard InChI is InChI=1S/C9H12N3O4S3/c1-2-3-11-7-5-17-12(13,14)9-6(7)4-8(18-9)19(10,15)16/h4-5,11H,2-3H2,1H3,(H2,10,15,16)/q-1. The second-order valence-corrected chi connectivity index (χ2v) is 7.64. The molecule has 0 aliphatic carbocycles. The number of sulfonamides is 1. The minimum Gasteiger partial charge on any atom is -0.613 e. The van der Waals surface area contributed by atoms with Crippen molar-refractivity contribution in [3.05, 3.63) is 27.5 Å². The van der Waals surface area contributed by atoms with Gasteiger partial charge < -0.3 is 15.7 Å². The van der Waals surface area contributed by atoms with Crippen LogP contribution in [0, 0.1) is 10.4 Å². The molecule has 0 bridgehead atoms. The van der Waals surface area contributed by atoms with Gasteiger partial charge in [0.15, 0.2) is 0 Å². The van der Waals surface area contributed by atoms with Crippen LogP contribution < -0.4 is 14.7 Å². The lowest BCUT2D eigenvalue weighted by Crippen LogP contribution is -2.29. The first-order valence-electron chi connectivity index (χ1n) is 5.37. The summed E-state index contributed by atoms with van der Waals surface area (Å²) in [6.45, 7) is 2.62. The summed E-state index contributed by atoms with van der Waals surface area (Å²) >= 11 is 1.14. The predicted octanol–water partition coefficient (Wildman–Crippen LogP) is 1.66. The van der Waals surface area contributed by atoms with Crippen molar-refractivity contribution in [2.24, 2.45) is 5.14 Å². The zero-order chi connectivity index (χ0) is 14.3. The second kappa shape index (κ2) is 5.05. The lowest BCUT2D eigenvalue weighted by molar-refractivity contribution is 0.600. The number of thiophene rings is 1. The average molecular weight is 322 g/mol. The van der Waals surface area contributed by atoms with Gasteiger partial charge in [0.1, 0.15) is 16.2 Å². The number of nitrogens with one attached hydrogen (secondary N) is 1. The van der Waals surface area contributed by atoms with E-state index in [1.165, 1.54) is 11.5 Å². The summed E-state index contributed by atoms with van der Waals surface area (Å²) in [6.07, 6.45) is 0.859. The fourth-order valence-electron chi connectivity index (χ4n) is 1.53. The van der Waals surface area contributed by atoms with Crippen LogP contribution in [0.5, 0.6) is 0 Å². The van der Waals surface area contributed by atoms with E-state index in [2.05, 4.69) is 5.32 Å². The van der Waals surface area contributed by atoms with Crippen molar-refractivity contribution in [1.82, 2.24) is 9.53 Å². The number of nitrogens with two attached hydrogens (primary N) is 1. The molecule has 2 heterocycles. The third-order valence-electron chi connectivity index (χ3n) is 2.38. The molecule has 0 spiro atoms. The fourth-order valence-corrected chi connectivity index (χ4v) is 4.16. The molecule has 106 valence electrons. The van der Waals surface area contributed by atoms with Gasteiger partial charge in [-0.2, -0.15) is 0 Å². The number of primary sulfonamides is 1. The average Bonchev–Trinajstić information content (AvgIpc) is 2.74. The van der Waals surface area contributed by atoms with Crippen LogP contribution in [0.4, 0.5) is 5.00 Å². The van der Waals surface area contributed by atoms with E-state index in [1.807, 2.05) is 6.92 Å². The number of rotatable bonds is 4. The minimum atomic E-state index is -3.92. The van der Waals surface area contributed by atoms with Gasteiger partial charge >= 0.3 is 0 Å². The molecule has 0 saturated heterocycles. The molecule has 10 heteroatoms. The van der Waals surface area contributed by atoms with Crippen LogP contribution in [0.25, 0.3) is 5.70 Å². The van der Waals surface area contributed by atoms with E-state index in [-0.39, 0.29) is 9.21 Å². The number of nitrogens with zero attached hydrogens (tertiary/aromatic N) is 1. The number of fused-ring (bicyclic) bond motifs is 1. The Hall–Kier alpha value is -0.620. The Labute approximate surface area is 119 Å². The van der Waals surface area contributed by atoms with E-state index in [4.69, 9.17) is 5.14 Å². The number of quaternary nitrogens is 1. The molecule has 0 aromatic carbocycles. The van der Waals surface area contributed by atoms with E-state index in [0.717, 1.165) is 6.42 Å². The zero-order valence-electron chi connectivity index (χ0n) is 9.95. The Kier molecular flexibility index (Phi) is 3.93. The minimum absolute atomic E-state index is 0.116. The molecular weight excluding hydrogens is 310 g/mol. The van der Waals surface area contributed by atoms with Crippen LogP contribution in [0.15, 0.2) is 15.7 Å². The van der Waals surface area contributed by atoms with Crippen LogP contribution in [0.3, 0.4) is 0 Å². The van der Waals surface area contributed by atoms with Crippen molar-refractivity contribution in [3.63, 3.8) is 0 Å². The predicted molar refractivity (Wildman–Crippen MR) is 78.1 cm³/mol. The number of hydrogen-bond acceptors (Lipinski definition) is 7. The smallest absolute Gasteiger partial charge is 0.247 e. The van der Waals surface area contributed by atoms with Crippen LogP contribution >= 0.6 is 23.3 Å². The van der Waals surface area contributed by atoms with Gasteiger partial charge in [-0.05, 0) is 12.5 Å². The molecule has 1 aliphatic rings. The van der Waals surface area contributed by atoms with E-state index in [9.17, 15) is 18.8 Å². The van der Waals surface area contributed by atoms with Crippen LogP contribution in [0.1, 0.15) is 18.9 Å². The Morgan fingerprint density at radius 2 is 2.16 bits per heavy atom. The summed E-state index contributed by atoms with van der Waals surface area (Å²) < 4.78 is 20.5. The molecule has 1 aromatic rings. The molecule has 3 N–H and O–H groups in total. The third kappa shape index (κ3) is 2.94. The normalized spacial score (nSPS) is 17.8. The van der Waals surface area contributed by atoms with Crippen LogP contribution in [-0.2, 0) is 10.0 Å². The van der Waals surface area contributed by atoms with Crippen molar-refractivity contribution in [3.8, 4) is 0 Å². The first-order valence-corrected chi connectivity index (χ1v) is 8.56. The lowest BCUT2D eigenvalue weighted by atomic mass is 10.2. The van der Waals surface area contributed by atoms with Crippen molar-refractivity contribution in [2.45, 2.75) is 17.6 Å². The van der Waals surface area contributed by atoms with Crippen molar-refractivity contribution in [2.75, 3.05) is 6.54 Å². The highest BCUT2D eigenvalue weighted by Crippen LogP contribution is 2.48. The third-order valence-corrected chi connectivity index (χ3v) is 5.90. The Morgan fingerprint density at radius 3 is 2.74 bits per heavy atom. The zero-order valence-corrected chi connectivity index (χ0v) is 12.4. The molecular formula is C9H12N3O4S3-. The summed E-state index contributed by atoms with van der Waals surface area (Å²) in [4.78, 5) is 0. The molecule has 19 heavy (non-hydrogen) atoms. The van der Waals surface area contributed by atoms with Crippen molar-refractivity contribution in [1.29, 1.82) is 0 Å². The van der Waals surface area contributed by atoms with Gasteiger partial charge in [0, 0.05) is 6.54 Å². The Morgan fingerprint density at radius 1 is 1.47 bits per heavy atom. The summed E-state index contributed by atoms with van der Waals surface area (Å²) in [5.74, 6) is 0. The molecule has 1 aromatic heterocycles. The second-order valence-electron chi connectivity index (χ2n) is 3.89. The van der Waals surface area contributed by atoms with Crippen LogP contribution in [0.2, 0.25) is 0 Å². The van der Waals surface area contributed by atoms with E-state index < -0.39 is 14.2 Å². The van der Waals surface area contributed by atoms with Gasteiger partial charge in [-0.15, -0.1) is 0 Å². The maximum absolute atomic E-state index is 11.8. The maximum atomic E-state index is 11.8. The quantitative estimate of drug-likeness (QED) is 0.494. The van der Waals surface area contributed by atoms with Crippen molar-refractivity contribution >= 4 is 44.0 Å². The van der Waals surface area contributed by atoms with Gasteiger partial charge in [0.2, 0.25) is 15.0 Å². The molecule has 1 aliphatic heterocycles. The Balaban J connectivity index is 2.49. The van der Waals surface area contributed by atoms with E-state index in [0.29, 0.717) is 41.1 Å². The van der Waals surface area contributed by atoms with Crippen molar-refractivity contribution < 1.29 is 8.42 Å². The van der Waals surface area contributed by atoms with Gasteiger partial charge in [0.05, 0.1) is 16.7 Å².